The fourth-order valence-corrected chi connectivity index (χ4v) is 6.55. The van der Waals surface area contributed by atoms with E-state index >= 15 is 0 Å². The predicted molar refractivity (Wildman–Crippen MR) is 57.0 cm³/mol. The maximum Gasteiger partial charge on any atom is 0.0493 e. The largest absolute Gasteiger partial charge is 0.184 e. The monoisotopic (exact) mass is 207 g/mol. The number of nitrogens with zero attached hydrogens (tertiary/aromatic N) is 1. The van der Waals surface area contributed by atoms with Crippen molar-refractivity contribution >= 4 is 44.0 Å². The Morgan fingerprint density at radius 3 is 1.44 bits per heavy atom. The van der Waals surface area contributed by atoms with E-state index in [1.54, 1.807) is 0 Å². The van der Waals surface area contributed by atoms with E-state index in [0.717, 1.165) is 0 Å². The van der Waals surface area contributed by atoms with Crippen LogP contribution in [0.15, 0.2) is 0 Å². The topological polar surface area (TPSA) is 3.24 Å². The summed E-state index contributed by atoms with van der Waals surface area (Å²) in [7, 11) is 5.63. The first-order valence-corrected chi connectivity index (χ1v) is 8.50. The van der Waals surface area contributed by atoms with Crippen LogP contribution in [0.5, 0.6) is 0 Å². The van der Waals surface area contributed by atoms with Crippen LogP contribution in [0, 0.1) is 0 Å². The van der Waals surface area contributed by atoms with Gasteiger partial charge in [0.05, 0.1) is 0 Å². The lowest BCUT2D eigenvalue weighted by Gasteiger charge is -2.30. The zero-order chi connectivity index (χ0) is 7.44. The van der Waals surface area contributed by atoms with E-state index in [1.165, 1.54) is 11.2 Å². The van der Waals surface area contributed by atoms with E-state index in [0.29, 0.717) is 0 Å². The molecule has 5 heteroatoms. The van der Waals surface area contributed by atoms with Gasteiger partial charge in [-0.25, -0.2) is 0 Å². The lowest BCUT2D eigenvalue weighted by Crippen LogP contribution is -2.02. The lowest BCUT2D eigenvalue weighted by atomic mass is 11.9. The Bertz CT molecular complexity index is 70.2. The minimum Gasteiger partial charge on any atom is -0.184 e. The summed E-state index contributed by atoms with van der Waals surface area (Å²) in [6.45, 7) is 0. The van der Waals surface area contributed by atoms with Gasteiger partial charge < -0.3 is 0 Å². The summed E-state index contributed by atoms with van der Waals surface area (Å²) in [5.74, 6) is 0. The molecular formula is C4H14ClNS3. The Labute approximate surface area is 72.1 Å². The zero-order valence-electron chi connectivity index (χ0n) is 6.13. The maximum absolute atomic E-state index is 5.63. The second-order valence-electron chi connectivity index (χ2n) is 2.02. The Morgan fingerprint density at radius 1 is 1.11 bits per heavy atom. The van der Waals surface area contributed by atoms with Crippen LogP contribution in [0.2, 0.25) is 0 Å². The first-order chi connectivity index (χ1) is 4.09. The third-order valence-electron chi connectivity index (χ3n) is 0.746. The number of hydrogen-bond donors (Lipinski definition) is 2. The highest BCUT2D eigenvalue weighted by Crippen LogP contribution is 2.44. The molecule has 0 aliphatic heterocycles. The summed E-state index contributed by atoms with van der Waals surface area (Å²) in [6.07, 6.45) is 8.86. The molecular weight excluding hydrogens is 194 g/mol. The molecule has 0 aromatic heterocycles. The molecule has 0 unspecified atom stereocenters. The minimum atomic E-state index is -0.0103. The van der Waals surface area contributed by atoms with Crippen LogP contribution in [0.1, 0.15) is 0 Å². The van der Waals surface area contributed by atoms with E-state index in [1.807, 2.05) is 0 Å². The second kappa shape index (κ2) is 5.02. The molecule has 0 fully saturated rings. The normalized spacial score (nSPS) is 14.0. The molecule has 0 aromatic carbocycles. The third-order valence-corrected chi connectivity index (χ3v) is 7.83. The molecule has 0 rings (SSSR count). The first kappa shape index (κ1) is 10.3. The van der Waals surface area contributed by atoms with Crippen molar-refractivity contribution < 1.29 is 0 Å². The Hall–Kier alpha value is 1.30. The summed E-state index contributed by atoms with van der Waals surface area (Å²) >= 11 is 1.33. The first-order valence-electron chi connectivity index (χ1n) is 2.53. The van der Waals surface area contributed by atoms with Gasteiger partial charge in [-0.15, -0.1) is 0 Å². The standard InChI is InChI=1S/C4H14ClNS3/c1-8(2)6(7-5)9(3)4/h8-9H,1-4H3. The summed E-state index contributed by atoms with van der Waals surface area (Å²) < 4.78 is 2.27. The SMILES string of the molecule is C[SH](C)N(SCl)[SH](C)C. The van der Waals surface area contributed by atoms with Crippen molar-refractivity contribution in [1.82, 2.24) is 3.12 Å². The quantitative estimate of drug-likeness (QED) is 0.541. The van der Waals surface area contributed by atoms with Crippen molar-refractivity contribution in [1.29, 1.82) is 0 Å². The molecule has 9 heavy (non-hydrogen) atoms. The van der Waals surface area contributed by atoms with Crippen LogP contribution in [-0.4, -0.2) is 28.1 Å². The van der Waals surface area contributed by atoms with Gasteiger partial charge in [0.25, 0.3) is 0 Å². The van der Waals surface area contributed by atoms with Crippen LogP contribution in [0.25, 0.3) is 0 Å². The summed E-state index contributed by atoms with van der Waals surface area (Å²) in [6, 6.07) is 0. The fourth-order valence-electron chi connectivity index (χ4n) is 0.481. The van der Waals surface area contributed by atoms with Crippen LogP contribution in [0.4, 0.5) is 0 Å². The summed E-state index contributed by atoms with van der Waals surface area (Å²) in [4.78, 5) is 0. The average molecular weight is 208 g/mol. The molecule has 0 amide bonds. The molecule has 0 atom stereocenters. The van der Waals surface area contributed by atoms with Gasteiger partial charge in [-0.2, -0.15) is 25.3 Å². The van der Waals surface area contributed by atoms with Crippen molar-refractivity contribution in [3.05, 3.63) is 0 Å². The van der Waals surface area contributed by atoms with Gasteiger partial charge in [0.2, 0.25) is 0 Å². The van der Waals surface area contributed by atoms with Crippen LogP contribution < -0.4 is 0 Å². The number of hydrogen-bond acceptors (Lipinski definition) is 2. The smallest absolute Gasteiger partial charge is 0.0493 e. The van der Waals surface area contributed by atoms with Crippen molar-refractivity contribution in [3.8, 4) is 0 Å². The number of rotatable bonds is 3. The Kier molecular flexibility index (Phi) is 5.74. The van der Waals surface area contributed by atoms with Crippen molar-refractivity contribution in [2.24, 2.45) is 0 Å². The number of halogens is 1. The van der Waals surface area contributed by atoms with E-state index in [2.05, 4.69) is 28.1 Å². The van der Waals surface area contributed by atoms with Crippen molar-refractivity contribution in [2.45, 2.75) is 0 Å². The highest BCUT2D eigenvalue weighted by atomic mass is 35.7. The maximum atomic E-state index is 5.63. The van der Waals surface area contributed by atoms with Crippen molar-refractivity contribution in [3.63, 3.8) is 0 Å². The Balaban J connectivity index is 3.68. The highest BCUT2D eigenvalue weighted by molar-refractivity contribution is 8.42. The van der Waals surface area contributed by atoms with Crippen LogP contribution in [-0.2, 0) is 0 Å². The molecule has 0 radical (unpaired) electrons. The molecule has 0 aliphatic carbocycles. The van der Waals surface area contributed by atoms with Gasteiger partial charge in [-0.3, -0.25) is 0 Å². The molecule has 0 bridgehead atoms. The highest BCUT2D eigenvalue weighted by Gasteiger charge is 2.06. The Morgan fingerprint density at radius 2 is 1.44 bits per heavy atom. The molecule has 0 N–H and O–H groups in total. The fraction of sp³-hybridized carbons (Fsp3) is 1.00. The van der Waals surface area contributed by atoms with Gasteiger partial charge >= 0.3 is 0 Å². The van der Waals surface area contributed by atoms with E-state index in [4.69, 9.17) is 10.7 Å². The van der Waals surface area contributed by atoms with E-state index in [-0.39, 0.29) is 22.2 Å². The van der Waals surface area contributed by atoms with Gasteiger partial charge in [0, 0.05) is 11.2 Å². The van der Waals surface area contributed by atoms with Crippen molar-refractivity contribution in [2.75, 3.05) is 25.0 Å². The molecule has 60 valence electrons. The molecule has 0 aromatic rings. The van der Waals surface area contributed by atoms with E-state index < -0.39 is 0 Å². The molecule has 0 spiro atoms. The molecule has 0 saturated heterocycles. The second-order valence-corrected chi connectivity index (χ2v) is 7.98. The average Bonchev–Trinajstić information content (AvgIpc) is 1.64. The van der Waals surface area contributed by atoms with Crippen LogP contribution >= 0.6 is 44.0 Å². The predicted octanol–water partition coefficient (Wildman–Crippen LogP) is 2.44. The third kappa shape index (κ3) is 3.88. The molecule has 1 nitrogen and oxygen atoms in total. The summed E-state index contributed by atoms with van der Waals surface area (Å²) in [5, 5.41) is 0. The van der Waals surface area contributed by atoms with Crippen LogP contribution in [0.3, 0.4) is 0 Å². The lowest BCUT2D eigenvalue weighted by molar-refractivity contribution is 1.27. The minimum absolute atomic E-state index is 0.0103. The van der Waals surface area contributed by atoms with Gasteiger partial charge in [-0.1, -0.05) is 0 Å². The zero-order valence-corrected chi connectivity index (χ0v) is 9.49. The van der Waals surface area contributed by atoms with Gasteiger partial charge in [0.15, 0.2) is 0 Å². The van der Waals surface area contributed by atoms with E-state index in [9.17, 15) is 0 Å². The molecule has 0 saturated carbocycles. The number of thiol groups is 2. The summed E-state index contributed by atoms with van der Waals surface area (Å²) in [5.41, 5.74) is 0. The van der Waals surface area contributed by atoms with Gasteiger partial charge in [0.1, 0.15) is 0 Å². The molecule has 0 heterocycles. The molecule has 0 aliphatic rings. The van der Waals surface area contributed by atoms with Gasteiger partial charge in [-0.05, 0) is 35.7 Å².